The fraction of sp³-hybridized carbons (Fsp3) is 0.680. The summed E-state index contributed by atoms with van der Waals surface area (Å²) in [5, 5.41) is 0. The maximum Gasteiger partial charge on any atom is 0.00161 e. The van der Waals surface area contributed by atoms with E-state index in [2.05, 4.69) is 41.3 Å². The molecule has 1 aliphatic heterocycles. The van der Waals surface area contributed by atoms with Gasteiger partial charge in [-0.3, -0.25) is 0 Å². The Morgan fingerprint density at radius 3 is 2.12 bits per heavy atom. The van der Waals surface area contributed by atoms with E-state index >= 15 is 0 Å². The Labute approximate surface area is 159 Å². The van der Waals surface area contributed by atoms with Crippen molar-refractivity contribution in [1.82, 2.24) is 4.90 Å². The molecular weight excluding hydrogens is 314 g/mol. The van der Waals surface area contributed by atoms with Gasteiger partial charge in [0.1, 0.15) is 0 Å². The van der Waals surface area contributed by atoms with Crippen molar-refractivity contribution in [2.45, 2.75) is 64.2 Å². The van der Waals surface area contributed by atoms with Crippen LogP contribution in [0.2, 0.25) is 0 Å². The number of hydrogen-bond acceptors (Lipinski definition) is 1. The molecule has 0 N–H and O–H groups in total. The molecule has 0 radical (unpaired) electrons. The van der Waals surface area contributed by atoms with Crippen LogP contribution in [0, 0.1) is 23.2 Å². The van der Waals surface area contributed by atoms with E-state index in [-0.39, 0.29) is 0 Å². The van der Waals surface area contributed by atoms with Crippen molar-refractivity contribution in [3.63, 3.8) is 0 Å². The minimum Gasteiger partial charge on any atom is -0.303 e. The molecule has 140 valence electrons. The Balaban J connectivity index is 1.40. The van der Waals surface area contributed by atoms with E-state index in [1.807, 2.05) is 0 Å². The minimum absolute atomic E-state index is 0.512. The maximum atomic E-state index is 2.70. The van der Waals surface area contributed by atoms with Crippen LogP contribution in [0.3, 0.4) is 0 Å². The molecule has 4 aliphatic carbocycles. The van der Waals surface area contributed by atoms with Crippen LogP contribution in [0.15, 0.2) is 36.4 Å². The lowest BCUT2D eigenvalue weighted by molar-refractivity contribution is -0.0179. The summed E-state index contributed by atoms with van der Waals surface area (Å²) in [5.74, 6) is 3.07. The first-order valence-corrected chi connectivity index (χ1v) is 11.3. The third-order valence-electron chi connectivity index (χ3n) is 7.94. The summed E-state index contributed by atoms with van der Waals surface area (Å²) in [4.78, 5) is 2.70. The first kappa shape index (κ1) is 17.0. The zero-order valence-corrected chi connectivity index (χ0v) is 16.3. The van der Waals surface area contributed by atoms with E-state index in [1.165, 1.54) is 89.4 Å². The molecule has 0 aromatic heterocycles. The van der Waals surface area contributed by atoms with Crippen molar-refractivity contribution in [2.24, 2.45) is 23.2 Å². The van der Waals surface area contributed by atoms with Gasteiger partial charge in [0.2, 0.25) is 0 Å². The Hall–Kier alpha value is -1.08. The van der Waals surface area contributed by atoms with E-state index < -0.39 is 0 Å². The molecule has 0 spiro atoms. The summed E-state index contributed by atoms with van der Waals surface area (Å²) in [6, 6.07) is 11.4. The molecule has 0 amide bonds. The lowest BCUT2D eigenvalue weighted by Gasteiger charge is -2.58. The number of nitrogens with zero attached hydrogens (tertiary/aromatic N) is 1. The van der Waals surface area contributed by atoms with Crippen molar-refractivity contribution in [3.05, 3.63) is 42.0 Å². The smallest absolute Gasteiger partial charge is 0.00161 e. The molecule has 1 heteroatoms. The molecular formula is C25H35N. The van der Waals surface area contributed by atoms with Crippen LogP contribution in [0.4, 0.5) is 0 Å². The largest absolute Gasteiger partial charge is 0.303 e. The summed E-state index contributed by atoms with van der Waals surface area (Å²) in [7, 11) is 0. The molecule has 1 aromatic rings. The molecule has 5 aliphatic rings. The standard InChI is InChI=1S/C25H35N/c1-3-8-23(9-4-1)24(10-7-13-26-11-5-2-6-12-26)25-17-20-14-21(18-25)16-22(15-20)19-25/h1,3-4,8-10,20-22H,2,5-7,11-19H2/b24-10-. The average Bonchev–Trinajstić information content (AvgIpc) is 2.65. The van der Waals surface area contributed by atoms with E-state index in [4.69, 9.17) is 0 Å². The highest BCUT2D eigenvalue weighted by Gasteiger charge is 2.52. The minimum atomic E-state index is 0.512. The van der Waals surface area contributed by atoms with E-state index in [0.717, 1.165) is 17.8 Å². The van der Waals surface area contributed by atoms with Gasteiger partial charge in [0, 0.05) is 6.54 Å². The molecule has 0 unspecified atom stereocenters. The van der Waals surface area contributed by atoms with Gasteiger partial charge >= 0.3 is 0 Å². The van der Waals surface area contributed by atoms with Crippen molar-refractivity contribution in [2.75, 3.05) is 19.6 Å². The number of benzene rings is 1. The van der Waals surface area contributed by atoms with Crippen LogP contribution < -0.4 is 0 Å². The lowest BCUT2D eigenvalue weighted by atomic mass is 9.47. The van der Waals surface area contributed by atoms with Crippen LogP contribution in [-0.2, 0) is 0 Å². The summed E-state index contributed by atoms with van der Waals surface area (Å²) in [5.41, 5.74) is 3.76. The van der Waals surface area contributed by atoms with Gasteiger partial charge in [0.25, 0.3) is 0 Å². The van der Waals surface area contributed by atoms with E-state index in [9.17, 15) is 0 Å². The van der Waals surface area contributed by atoms with Gasteiger partial charge in [-0.2, -0.15) is 0 Å². The molecule has 5 fully saturated rings. The predicted molar refractivity (Wildman–Crippen MR) is 110 cm³/mol. The number of rotatable bonds is 5. The number of hydrogen-bond donors (Lipinski definition) is 0. The highest BCUT2D eigenvalue weighted by Crippen LogP contribution is 2.64. The zero-order chi connectivity index (χ0) is 17.4. The second kappa shape index (κ2) is 7.15. The van der Waals surface area contributed by atoms with Gasteiger partial charge in [-0.05, 0) is 105 Å². The molecule has 4 bridgehead atoms. The van der Waals surface area contributed by atoms with Crippen LogP contribution in [0.1, 0.15) is 69.8 Å². The van der Waals surface area contributed by atoms with Gasteiger partial charge in [0.05, 0.1) is 0 Å². The summed E-state index contributed by atoms with van der Waals surface area (Å²) >= 11 is 0. The Kier molecular flexibility index (Phi) is 4.69. The monoisotopic (exact) mass is 349 g/mol. The Morgan fingerprint density at radius 1 is 0.885 bits per heavy atom. The first-order chi connectivity index (χ1) is 12.8. The molecule has 1 saturated heterocycles. The van der Waals surface area contributed by atoms with E-state index in [1.54, 1.807) is 5.57 Å². The van der Waals surface area contributed by atoms with Crippen LogP contribution in [-0.4, -0.2) is 24.5 Å². The number of likely N-dealkylation sites (tertiary alicyclic amines) is 1. The molecule has 1 aromatic carbocycles. The normalized spacial score (nSPS) is 37.2. The summed E-state index contributed by atoms with van der Waals surface area (Å²) in [6.07, 6.45) is 17.2. The molecule has 1 heterocycles. The quantitative estimate of drug-likeness (QED) is 0.615. The van der Waals surface area contributed by atoms with Gasteiger partial charge in [-0.25, -0.2) is 0 Å². The molecule has 0 atom stereocenters. The van der Waals surface area contributed by atoms with Gasteiger partial charge in [-0.1, -0.05) is 42.8 Å². The third kappa shape index (κ3) is 3.28. The molecule has 6 rings (SSSR count). The van der Waals surface area contributed by atoms with Gasteiger partial charge < -0.3 is 4.90 Å². The lowest BCUT2D eigenvalue weighted by Crippen LogP contribution is -2.46. The third-order valence-corrected chi connectivity index (χ3v) is 7.94. The van der Waals surface area contributed by atoms with Crippen molar-refractivity contribution >= 4 is 5.57 Å². The number of allylic oxidation sites excluding steroid dienone is 1. The van der Waals surface area contributed by atoms with Crippen molar-refractivity contribution in [3.8, 4) is 0 Å². The van der Waals surface area contributed by atoms with Crippen LogP contribution >= 0.6 is 0 Å². The zero-order valence-electron chi connectivity index (χ0n) is 16.3. The van der Waals surface area contributed by atoms with Crippen LogP contribution in [0.5, 0.6) is 0 Å². The highest BCUT2D eigenvalue weighted by atomic mass is 15.1. The van der Waals surface area contributed by atoms with Crippen molar-refractivity contribution in [1.29, 1.82) is 0 Å². The molecule has 26 heavy (non-hydrogen) atoms. The fourth-order valence-corrected chi connectivity index (χ4v) is 7.27. The Morgan fingerprint density at radius 2 is 1.50 bits per heavy atom. The maximum absolute atomic E-state index is 2.70. The predicted octanol–water partition coefficient (Wildman–Crippen LogP) is 6.16. The summed E-state index contributed by atoms with van der Waals surface area (Å²) < 4.78 is 0. The van der Waals surface area contributed by atoms with Crippen molar-refractivity contribution < 1.29 is 0 Å². The second-order valence-corrected chi connectivity index (χ2v) is 9.87. The summed E-state index contributed by atoms with van der Waals surface area (Å²) in [6.45, 7) is 3.92. The van der Waals surface area contributed by atoms with Gasteiger partial charge in [-0.15, -0.1) is 0 Å². The highest BCUT2D eigenvalue weighted by molar-refractivity contribution is 5.71. The second-order valence-electron chi connectivity index (χ2n) is 9.87. The SMILES string of the molecule is C(/CCN1CCCCC1)=C(\c1ccccc1)C12CC3CC(CC(C3)C1)C2. The molecule has 4 saturated carbocycles. The molecule has 1 nitrogen and oxygen atoms in total. The van der Waals surface area contributed by atoms with Crippen LogP contribution in [0.25, 0.3) is 5.57 Å². The van der Waals surface area contributed by atoms with Gasteiger partial charge in [0.15, 0.2) is 0 Å². The Bertz CT molecular complexity index is 602. The first-order valence-electron chi connectivity index (χ1n) is 11.3. The van der Waals surface area contributed by atoms with E-state index in [0.29, 0.717) is 5.41 Å². The number of piperidine rings is 1. The fourth-order valence-electron chi connectivity index (χ4n) is 7.27. The topological polar surface area (TPSA) is 3.24 Å². The average molecular weight is 350 g/mol.